The predicted octanol–water partition coefficient (Wildman–Crippen LogP) is 2.23. The largest absolute Gasteiger partial charge is 0.345 e. The molecule has 2 aliphatic heterocycles. The van der Waals surface area contributed by atoms with Crippen LogP contribution < -0.4 is 10.2 Å². The number of aromatic nitrogens is 1. The van der Waals surface area contributed by atoms with Crippen LogP contribution in [0.15, 0.2) is 18.2 Å². The molecule has 0 aliphatic carbocycles. The van der Waals surface area contributed by atoms with Crippen LogP contribution in [0.25, 0.3) is 10.2 Å². The van der Waals surface area contributed by atoms with Crippen molar-refractivity contribution in [1.29, 1.82) is 0 Å². The summed E-state index contributed by atoms with van der Waals surface area (Å²) < 4.78 is 1.33. The van der Waals surface area contributed by atoms with E-state index >= 15 is 0 Å². The Kier molecular flexibility index (Phi) is 5.22. The highest BCUT2D eigenvalue weighted by molar-refractivity contribution is 7.22. The first-order valence-electron chi connectivity index (χ1n) is 9.50. The Labute approximate surface area is 154 Å². The standard InChI is InChI=1S/C19H29N5S/c1-15(2)23-9-11-24(12-10-23)19-21-17-4-3-16(13-18(17)25-19)14-22-7-5-20-6-8-22/h3-4,13,15,20H,5-12,14H2,1-2H3. The Morgan fingerprint density at radius 3 is 2.56 bits per heavy atom. The van der Waals surface area contributed by atoms with E-state index in [1.807, 2.05) is 11.3 Å². The van der Waals surface area contributed by atoms with Gasteiger partial charge in [-0.2, -0.15) is 0 Å². The minimum Gasteiger partial charge on any atom is -0.345 e. The molecule has 2 aliphatic rings. The van der Waals surface area contributed by atoms with E-state index in [9.17, 15) is 0 Å². The average molecular weight is 360 g/mol. The molecular formula is C19H29N5S. The van der Waals surface area contributed by atoms with E-state index in [0.717, 1.165) is 64.4 Å². The Morgan fingerprint density at radius 2 is 1.84 bits per heavy atom. The number of piperazine rings is 2. The molecular weight excluding hydrogens is 330 g/mol. The fourth-order valence-corrected chi connectivity index (χ4v) is 4.83. The summed E-state index contributed by atoms with van der Waals surface area (Å²) in [6, 6.07) is 7.45. The quantitative estimate of drug-likeness (QED) is 0.906. The highest BCUT2D eigenvalue weighted by Gasteiger charge is 2.21. The van der Waals surface area contributed by atoms with E-state index < -0.39 is 0 Å². The van der Waals surface area contributed by atoms with Crippen molar-refractivity contribution >= 4 is 26.7 Å². The summed E-state index contributed by atoms with van der Waals surface area (Å²) in [4.78, 5) is 12.4. The van der Waals surface area contributed by atoms with Crippen molar-refractivity contribution in [2.24, 2.45) is 0 Å². The number of fused-ring (bicyclic) bond motifs is 1. The minimum atomic E-state index is 0.644. The molecule has 0 radical (unpaired) electrons. The zero-order chi connectivity index (χ0) is 17.2. The van der Waals surface area contributed by atoms with Gasteiger partial charge in [0.15, 0.2) is 5.13 Å². The van der Waals surface area contributed by atoms with Crippen molar-refractivity contribution < 1.29 is 0 Å². The molecule has 0 saturated carbocycles. The zero-order valence-corrected chi connectivity index (χ0v) is 16.2. The molecule has 5 nitrogen and oxygen atoms in total. The van der Waals surface area contributed by atoms with E-state index in [1.54, 1.807) is 0 Å². The van der Waals surface area contributed by atoms with Crippen molar-refractivity contribution in [3.63, 3.8) is 0 Å². The molecule has 1 aromatic carbocycles. The third-order valence-corrected chi connectivity index (χ3v) is 6.45. The van der Waals surface area contributed by atoms with Gasteiger partial charge in [0, 0.05) is 64.9 Å². The first kappa shape index (κ1) is 17.2. The van der Waals surface area contributed by atoms with Crippen LogP contribution in [0.3, 0.4) is 0 Å². The monoisotopic (exact) mass is 359 g/mol. The normalized spacial score (nSPS) is 20.7. The Hall–Kier alpha value is -1.21. The molecule has 136 valence electrons. The summed E-state index contributed by atoms with van der Waals surface area (Å²) in [5.74, 6) is 0. The van der Waals surface area contributed by atoms with Gasteiger partial charge in [-0.05, 0) is 31.5 Å². The van der Waals surface area contributed by atoms with Crippen molar-refractivity contribution in [1.82, 2.24) is 20.1 Å². The molecule has 6 heteroatoms. The molecule has 0 amide bonds. The summed E-state index contributed by atoms with van der Waals surface area (Å²) in [6.07, 6.45) is 0. The van der Waals surface area contributed by atoms with Crippen LogP contribution >= 0.6 is 11.3 Å². The lowest BCUT2D eigenvalue weighted by Crippen LogP contribution is -2.48. The molecule has 3 heterocycles. The molecule has 0 atom stereocenters. The van der Waals surface area contributed by atoms with E-state index in [-0.39, 0.29) is 0 Å². The summed E-state index contributed by atoms with van der Waals surface area (Å²) >= 11 is 1.86. The van der Waals surface area contributed by atoms with Gasteiger partial charge < -0.3 is 10.2 Å². The molecule has 2 aromatic rings. The average Bonchev–Trinajstić information content (AvgIpc) is 3.06. The van der Waals surface area contributed by atoms with Crippen LogP contribution in [0, 0.1) is 0 Å². The maximum Gasteiger partial charge on any atom is 0.186 e. The highest BCUT2D eigenvalue weighted by atomic mass is 32.1. The fraction of sp³-hybridized carbons (Fsp3) is 0.632. The maximum absolute atomic E-state index is 4.90. The number of thiazole rings is 1. The number of hydrogen-bond donors (Lipinski definition) is 1. The van der Waals surface area contributed by atoms with Crippen LogP contribution in [-0.2, 0) is 6.54 Å². The molecule has 25 heavy (non-hydrogen) atoms. The lowest BCUT2D eigenvalue weighted by molar-refractivity contribution is 0.209. The maximum atomic E-state index is 4.90. The number of nitrogens with one attached hydrogen (secondary N) is 1. The van der Waals surface area contributed by atoms with Gasteiger partial charge in [-0.25, -0.2) is 4.98 Å². The Balaban J connectivity index is 1.45. The van der Waals surface area contributed by atoms with Gasteiger partial charge in [-0.15, -0.1) is 0 Å². The highest BCUT2D eigenvalue weighted by Crippen LogP contribution is 2.30. The lowest BCUT2D eigenvalue weighted by atomic mass is 10.2. The fourth-order valence-electron chi connectivity index (χ4n) is 3.75. The molecule has 0 spiro atoms. The van der Waals surface area contributed by atoms with Crippen LogP contribution in [0.1, 0.15) is 19.4 Å². The topological polar surface area (TPSA) is 34.6 Å². The second-order valence-electron chi connectivity index (χ2n) is 7.44. The SMILES string of the molecule is CC(C)N1CCN(c2nc3ccc(CN4CCNCC4)cc3s2)CC1. The van der Waals surface area contributed by atoms with Gasteiger partial charge in [0.2, 0.25) is 0 Å². The molecule has 0 unspecified atom stereocenters. The minimum absolute atomic E-state index is 0.644. The summed E-state index contributed by atoms with van der Waals surface area (Å²) in [7, 11) is 0. The number of rotatable bonds is 4. The molecule has 1 aromatic heterocycles. The van der Waals surface area contributed by atoms with Crippen LogP contribution in [0.5, 0.6) is 0 Å². The van der Waals surface area contributed by atoms with Crippen molar-refractivity contribution in [2.75, 3.05) is 57.3 Å². The molecule has 0 bridgehead atoms. The Morgan fingerprint density at radius 1 is 1.08 bits per heavy atom. The first-order chi connectivity index (χ1) is 12.2. The van der Waals surface area contributed by atoms with Gasteiger partial charge in [-0.3, -0.25) is 9.80 Å². The molecule has 2 fully saturated rings. The van der Waals surface area contributed by atoms with Gasteiger partial charge in [0.1, 0.15) is 0 Å². The van der Waals surface area contributed by atoms with E-state index in [4.69, 9.17) is 4.98 Å². The van der Waals surface area contributed by atoms with E-state index in [0.29, 0.717) is 6.04 Å². The molecule has 1 N–H and O–H groups in total. The third kappa shape index (κ3) is 3.97. The smallest absolute Gasteiger partial charge is 0.186 e. The summed E-state index contributed by atoms with van der Waals surface area (Å²) in [5.41, 5.74) is 2.56. The number of anilines is 1. The second kappa shape index (κ2) is 7.58. The van der Waals surface area contributed by atoms with Gasteiger partial charge in [0.05, 0.1) is 10.2 Å². The van der Waals surface area contributed by atoms with Crippen LogP contribution in [0.4, 0.5) is 5.13 Å². The van der Waals surface area contributed by atoms with Crippen molar-refractivity contribution in [2.45, 2.75) is 26.4 Å². The summed E-state index contributed by atoms with van der Waals surface area (Å²) in [5, 5.41) is 4.61. The van der Waals surface area contributed by atoms with Crippen molar-refractivity contribution in [3.05, 3.63) is 23.8 Å². The molecule has 2 saturated heterocycles. The second-order valence-corrected chi connectivity index (χ2v) is 8.45. The number of hydrogen-bond acceptors (Lipinski definition) is 6. The predicted molar refractivity (Wildman–Crippen MR) is 107 cm³/mol. The number of nitrogens with zero attached hydrogens (tertiary/aromatic N) is 4. The number of benzene rings is 1. The zero-order valence-electron chi connectivity index (χ0n) is 15.4. The third-order valence-electron chi connectivity index (χ3n) is 5.37. The van der Waals surface area contributed by atoms with Crippen LogP contribution in [-0.4, -0.2) is 73.2 Å². The van der Waals surface area contributed by atoms with E-state index in [1.165, 1.54) is 15.4 Å². The van der Waals surface area contributed by atoms with Gasteiger partial charge >= 0.3 is 0 Å². The first-order valence-corrected chi connectivity index (χ1v) is 10.3. The van der Waals surface area contributed by atoms with Crippen molar-refractivity contribution in [3.8, 4) is 0 Å². The van der Waals surface area contributed by atoms with E-state index in [2.05, 4.69) is 52.1 Å². The van der Waals surface area contributed by atoms with Gasteiger partial charge in [-0.1, -0.05) is 17.4 Å². The Bertz CT molecular complexity index is 699. The molecule has 4 rings (SSSR count). The van der Waals surface area contributed by atoms with Crippen LogP contribution in [0.2, 0.25) is 0 Å². The lowest BCUT2D eigenvalue weighted by Gasteiger charge is -2.36. The summed E-state index contributed by atoms with van der Waals surface area (Å²) in [6.45, 7) is 14.6. The van der Waals surface area contributed by atoms with Gasteiger partial charge in [0.25, 0.3) is 0 Å².